The lowest BCUT2D eigenvalue weighted by atomic mass is 9.57. The van der Waals surface area contributed by atoms with Crippen molar-refractivity contribution in [2.24, 2.45) is 27.7 Å². The zero-order valence-corrected chi connectivity index (χ0v) is 17.6. The minimum absolute atomic E-state index is 0.163. The average molecular weight is 366 g/mol. The van der Waals surface area contributed by atoms with E-state index in [9.17, 15) is 0 Å². The van der Waals surface area contributed by atoms with Gasteiger partial charge in [-0.25, -0.2) is 0 Å². The maximum Gasteiger partial charge on any atom is 0.191 e. The van der Waals surface area contributed by atoms with Crippen molar-refractivity contribution in [3.8, 4) is 0 Å². The molecule has 0 amide bonds. The first-order valence-electron chi connectivity index (χ1n) is 10.5. The summed E-state index contributed by atoms with van der Waals surface area (Å²) >= 11 is 0. The first-order chi connectivity index (χ1) is 12.2. The summed E-state index contributed by atoms with van der Waals surface area (Å²) in [5, 5.41) is 7.18. The molecule has 3 aliphatic rings. The van der Waals surface area contributed by atoms with E-state index in [0.717, 1.165) is 45.1 Å². The fourth-order valence-corrected chi connectivity index (χ4v) is 5.28. The van der Waals surface area contributed by atoms with Gasteiger partial charge in [0.2, 0.25) is 0 Å². The molecule has 2 N–H and O–H groups in total. The Kier molecular flexibility index (Phi) is 5.88. The Hall–Kier alpha value is -0.810. The molecule has 0 radical (unpaired) electrons. The zero-order chi connectivity index (χ0) is 18.9. The van der Waals surface area contributed by atoms with Gasteiger partial charge < -0.3 is 20.1 Å². The van der Waals surface area contributed by atoms with Crippen LogP contribution in [0.2, 0.25) is 0 Å². The van der Waals surface area contributed by atoms with E-state index in [1.807, 2.05) is 0 Å². The maximum absolute atomic E-state index is 6.12. The molecule has 1 aliphatic carbocycles. The smallest absolute Gasteiger partial charge is 0.191 e. The van der Waals surface area contributed by atoms with Gasteiger partial charge >= 0.3 is 0 Å². The molecule has 0 aromatic rings. The van der Waals surface area contributed by atoms with Crippen molar-refractivity contribution >= 4 is 5.96 Å². The van der Waals surface area contributed by atoms with Crippen molar-refractivity contribution in [1.82, 2.24) is 10.6 Å². The molecular formula is C21H39N3O2. The highest BCUT2D eigenvalue weighted by atomic mass is 16.5. The summed E-state index contributed by atoms with van der Waals surface area (Å²) in [6.07, 6.45) is 4.20. The molecule has 5 atom stereocenters. The summed E-state index contributed by atoms with van der Waals surface area (Å²) in [5.41, 5.74) is 0.329. The molecule has 0 aromatic heterocycles. The second-order valence-electron chi connectivity index (χ2n) is 9.97. The molecule has 3 fully saturated rings. The molecule has 2 heterocycles. The number of nitrogens with one attached hydrogen (secondary N) is 2. The van der Waals surface area contributed by atoms with Crippen LogP contribution in [-0.4, -0.2) is 50.5 Å². The van der Waals surface area contributed by atoms with Crippen LogP contribution in [0.4, 0.5) is 0 Å². The lowest BCUT2D eigenvalue weighted by Gasteiger charge is -2.55. The Morgan fingerprint density at radius 2 is 1.92 bits per heavy atom. The quantitative estimate of drug-likeness (QED) is 0.593. The molecule has 5 heteroatoms. The summed E-state index contributed by atoms with van der Waals surface area (Å²) in [4.78, 5) is 4.98. The van der Waals surface area contributed by atoms with Gasteiger partial charge in [0.25, 0.3) is 0 Å². The standard InChI is InChI=1S/C21H39N3O2/c1-7-22-19(24-16-15-10-12-26-18(15)21(16,5)6)23-13-14-9-8-11-25-17(14)20(2,3)4/h14-18H,7-13H2,1-6H3,(H2,22,23,24). The number of hydrogen-bond donors (Lipinski definition) is 2. The molecule has 150 valence electrons. The van der Waals surface area contributed by atoms with Crippen molar-refractivity contribution < 1.29 is 9.47 Å². The van der Waals surface area contributed by atoms with Gasteiger partial charge in [-0.05, 0) is 31.6 Å². The summed E-state index contributed by atoms with van der Waals surface area (Å²) in [6, 6.07) is 0.439. The van der Waals surface area contributed by atoms with Crippen LogP contribution >= 0.6 is 0 Å². The molecule has 0 aromatic carbocycles. The minimum atomic E-state index is 0.163. The number of rotatable bonds is 4. The third kappa shape index (κ3) is 3.89. The van der Waals surface area contributed by atoms with E-state index in [4.69, 9.17) is 14.5 Å². The molecule has 0 bridgehead atoms. The largest absolute Gasteiger partial charge is 0.377 e. The molecular weight excluding hydrogens is 326 g/mol. The highest BCUT2D eigenvalue weighted by Crippen LogP contribution is 2.52. The predicted molar refractivity (Wildman–Crippen MR) is 106 cm³/mol. The Morgan fingerprint density at radius 3 is 2.62 bits per heavy atom. The highest BCUT2D eigenvalue weighted by molar-refractivity contribution is 5.80. The molecule has 5 unspecified atom stereocenters. The van der Waals surface area contributed by atoms with Crippen molar-refractivity contribution in [3.05, 3.63) is 0 Å². The number of nitrogens with zero attached hydrogens (tertiary/aromatic N) is 1. The lowest BCUT2D eigenvalue weighted by molar-refractivity contribution is -0.106. The molecule has 3 rings (SSSR count). The first-order valence-corrected chi connectivity index (χ1v) is 10.5. The van der Waals surface area contributed by atoms with Crippen LogP contribution < -0.4 is 10.6 Å². The van der Waals surface area contributed by atoms with Gasteiger partial charge in [-0.1, -0.05) is 34.6 Å². The van der Waals surface area contributed by atoms with E-state index in [-0.39, 0.29) is 16.9 Å². The van der Waals surface area contributed by atoms with E-state index in [1.165, 1.54) is 6.42 Å². The van der Waals surface area contributed by atoms with E-state index in [2.05, 4.69) is 52.2 Å². The van der Waals surface area contributed by atoms with Gasteiger partial charge in [0.1, 0.15) is 0 Å². The number of hydrogen-bond acceptors (Lipinski definition) is 3. The van der Waals surface area contributed by atoms with Gasteiger partial charge in [0.05, 0.1) is 12.2 Å². The van der Waals surface area contributed by atoms with E-state index >= 15 is 0 Å². The molecule has 26 heavy (non-hydrogen) atoms. The fraction of sp³-hybridized carbons (Fsp3) is 0.952. The minimum Gasteiger partial charge on any atom is -0.377 e. The third-order valence-electron chi connectivity index (χ3n) is 6.52. The van der Waals surface area contributed by atoms with Crippen LogP contribution in [0.1, 0.15) is 60.8 Å². The van der Waals surface area contributed by atoms with Crippen LogP contribution in [-0.2, 0) is 9.47 Å². The molecule has 0 spiro atoms. The summed E-state index contributed by atoms with van der Waals surface area (Å²) in [6.45, 7) is 17.1. The van der Waals surface area contributed by atoms with Gasteiger partial charge in [0.15, 0.2) is 5.96 Å². The van der Waals surface area contributed by atoms with Crippen molar-refractivity contribution in [3.63, 3.8) is 0 Å². The normalized spacial score (nSPS) is 37.0. The van der Waals surface area contributed by atoms with Crippen LogP contribution in [0.15, 0.2) is 4.99 Å². The molecule has 2 saturated heterocycles. The van der Waals surface area contributed by atoms with Crippen molar-refractivity contribution in [1.29, 1.82) is 0 Å². The zero-order valence-electron chi connectivity index (χ0n) is 17.6. The highest BCUT2D eigenvalue weighted by Gasteiger charge is 2.59. The Balaban J connectivity index is 1.65. The van der Waals surface area contributed by atoms with Crippen LogP contribution in [0.3, 0.4) is 0 Å². The van der Waals surface area contributed by atoms with E-state index < -0.39 is 0 Å². The summed E-state index contributed by atoms with van der Waals surface area (Å²) in [7, 11) is 0. The third-order valence-corrected chi connectivity index (χ3v) is 6.52. The Labute approximate surface area is 159 Å². The van der Waals surface area contributed by atoms with E-state index in [1.54, 1.807) is 0 Å². The van der Waals surface area contributed by atoms with Gasteiger partial charge in [-0.15, -0.1) is 0 Å². The Bertz CT molecular complexity index is 512. The van der Waals surface area contributed by atoms with Crippen LogP contribution in [0, 0.1) is 22.7 Å². The van der Waals surface area contributed by atoms with E-state index in [0.29, 0.717) is 24.0 Å². The summed E-state index contributed by atoms with van der Waals surface area (Å²) < 4.78 is 12.1. The fourth-order valence-electron chi connectivity index (χ4n) is 5.28. The first kappa shape index (κ1) is 19.9. The van der Waals surface area contributed by atoms with Crippen molar-refractivity contribution in [2.75, 3.05) is 26.3 Å². The van der Waals surface area contributed by atoms with Gasteiger partial charge in [-0.3, -0.25) is 4.99 Å². The Morgan fingerprint density at radius 1 is 1.15 bits per heavy atom. The SMILES string of the molecule is CCNC(=NCC1CCCOC1C(C)(C)C)NC1C2CCOC2C1(C)C. The molecule has 2 aliphatic heterocycles. The maximum atomic E-state index is 6.12. The molecule has 5 nitrogen and oxygen atoms in total. The van der Waals surface area contributed by atoms with Gasteiger partial charge in [-0.2, -0.15) is 0 Å². The second kappa shape index (κ2) is 7.67. The number of ether oxygens (including phenoxy) is 2. The lowest BCUT2D eigenvalue weighted by Crippen LogP contribution is -2.68. The molecule has 1 saturated carbocycles. The summed E-state index contributed by atoms with van der Waals surface area (Å²) in [5.74, 6) is 2.07. The second-order valence-corrected chi connectivity index (χ2v) is 9.97. The monoisotopic (exact) mass is 365 g/mol. The average Bonchev–Trinajstić information content (AvgIpc) is 3.04. The topological polar surface area (TPSA) is 54.9 Å². The van der Waals surface area contributed by atoms with Crippen LogP contribution in [0.5, 0.6) is 0 Å². The number of aliphatic imine (C=N–C) groups is 1. The van der Waals surface area contributed by atoms with Crippen molar-refractivity contribution in [2.45, 2.75) is 79.1 Å². The van der Waals surface area contributed by atoms with Crippen LogP contribution in [0.25, 0.3) is 0 Å². The number of guanidine groups is 1. The van der Waals surface area contributed by atoms with Gasteiger partial charge in [0, 0.05) is 49.6 Å². The predicted octanol–water partition coefficient (Wildman–Crippen LogP) is 3.20. The number of fused-ring (bicyclic) bond motifs is 1.